The number of nitrogens with zero attached hydrogens (tertiary/aromatic N) is 1. The van der Waals surface area contributed by atoms with Gasteiger partial charge in [-0.25, -0.2) is 13.2 Å². The van der Waals surface area contributed by atoms with E-state index in [1.54, 1.807) is 0 Å². The van der Waals surface area contributed by atoms with Crippen LogP contribution in [0.25, 0.3) is 0 Å². The number of carbonyl (C=O) groups is 2. The summed E-state index contributed by atoms with van der Waals surface area (Å²) in [5.74, 6) is -3.63. The molecule has 0 aliphatic carbocycles. The fourth-order valence-electron chi connectivity index (χ4n) is 3.65. The number of β-lactam (4-membered cyclic amide) rings is 1. The van der Waals surface area contributed by atoms with Crippen LogP contribution < -0.4 is 0 Å². The molecule has 0 saturated carbocycles. The van der Waals surface area contributed by atoms with Gasteiger partial charge in [0, 0.05) is 0 Å². The van der Waals surface area contributed by atoms with Gasteiger partial charge >= 0.3 is 12.1 Å². The average molecular weight is 419 g/mol. The first kappa shape index (κ1) is 20.3. The van der Waals surface area contributed by atoms with E-state index >= 15 is 0 Å². The molecule has 1 fully saturated rings. The van der Waals surface area contributed by atoms with Crippen molar-refractivity contribution in [3.05, 3.63) is 41.1 Å². The highest BCUT2D eigenvalue weighted by Gasteiger charge is 2.56. The lowest BCUT2D eigenvalue weighted by molar-refractivity contribution is -0.161. The number of rotatable bonds is 5. The summed E-state index contributed by atoms with van der Waals surface area (Å²) in [6.07, 6.45) is -5.67. The number of halogens is 3. The first-order valence-electron chi connectivity index (χ1n) is 8.21. The lowest BCUT2D eigenvalue weighted by Crippen LogP contribution is -2.61. The van der Waals surface area contributed by atoms with E-state index in [2.05, 4.69) is 0 Å². The summed E-state index contributed by atoms with van der Waals surface area (Å²) < 4.78 is 63.1. The number of aliphatic hydroxyl groups excluding tert-OH is 1. The zero-order chi connectivity index (χ0) is 21.0. The maximum Gasteiger partial charge on any atom is 0.416 e. The molecule has 28 heavy (non-hydrogen) atoms. The number of carbonyl (C=O) groups excluding carboxylic acids is 1. The Kier molecular flexibility index (Phi) is 4.79. The van der Waals surface area contributed by atoms with Crippen LogP contribution in [0.4, 0.5) is 13.2 Å². The summed E-state index contributed by atoms with van der Waals surface area (Å²) in [7, 11) is -4.14. The van der Waals surface area contributed by atoms with Gasteiger partial charge in [-0.1, -0.05) is 0 Å². The molecule has 11 heteroatoms. The molecule has 2 aliphatic heterocycles. The molecule has 1 saturated heterocycles. The Morgan fingerprint density at radius 2 is 1.86 bits per heavy atom. The molecule has 1 aromatic carbocycles. The Labute approximate surface area is 158 Å². The molecule has 2 aliphatic rings. The minimum absolute atomic E-state index is 0.0195. The normalized spacial score (nSPS) is 23.5. The van der Waals surface area contributed by atoms with Crippen molar-refractivity contribution in [2.45, 2.75) is 36.6 Å². The number of aliphatic carboxylic acids is 1. The van der Waals surface area contributed by atoms with Crippen LogP contribution >= 0.6 is 0 Å². The molecule has 0 bridgehead atoms. The molecular weight excluding hydrogens is 403 g/mol. The molecule has 2 N–H and O–H groups in total. The van der Waals surface area contributed by atoms with E-state index in [1.807, 2.05) is 0 Å². The summed E-state index contributed by atoms with van der Waals surface area (Å²) in [5, 5.41) is 19.1. The van der Waals surface area contributed by atoms with Crippen LogP contribution in [0.3, 0.4) is 0 Å². The highest BCUT2D eigenvalue weighted by atomic mass is 32.2. The van der Waals surface area contributed by atoms with Crippen molar-refractivity contribution in [1.29, 1.82) is 0 Å². The molecule has 0 aromatic heterocycles. The van der Waals surface area contributed by atoms with Crippen LogP contribution in [0.15, 0.2) is 40.4 Å². The monoisotopic (exact) mass is 419 g/mol. The third-order valence-electron chi connectivity index (χ3n) is 4.93. The van der Waals surface area contributed by atoms with Crippen molar-refractivity contribution < 1.29 is 41.4 Å². The van der Waals surface area contributed by atoms with Gasteiger partial charge < -0.3 is 15.1 Å². The van der Waals surface area contributed by atoms with Gasteiger partial charge in [-0.05, 0) is 43.2 Å². The van der Waals surface area contributed by atoms with Crippen LogP contribution in [0.5, 0.6) is 0 Å². The van der Waals surface area contributed by atoms with E-state index in [9.17, 15) is 41.4 Å². The SMILES string of the molecule is C[C@@H](O)[C@@H]1C(=O)N2C(C(=O)O)=C(CS(=O)(=O)c3ccc(C(F)(F)F)cc3)C[C@H]12. The van der Waals surface area contributed by atoms with Gasteiger partial charge in [0.2, 0.25) is 5.91 Å². The number of hydrogen-bond acceptors (Lipinski definition) is 5. The van der Waals surface area contributed by atoms with E-state index in [1.165, 1.54) is 6.92 Å². The van der Waals surface area contributed by atoms with Crippen molar-refractivity contribution in [1.82, 2.24) is 4.90 Å². The molecule has 3 rings (SSSR count). The quantitative estimate of drug-likeness (QED) is 0.699. The van der Waals surface area contributed by atoms with Crippen LogP contribution in [0.1, 0.15) is 18.9 Å². The fourth-order valence-corrected chi connectivity index (χ4v) is 5.08. The van der Waals surface area contributed by atoms with Crippen LogP contribution in [0.2, 0.25) is 0 Å². The lowest BCUT2D eigenvalue weighted by atomic mass is 9.83. The second-order valence-corrected chi connectivity index (χ2v) is 8.77. The van der Waals surface area contributed by atoms with Crippen molar-refractivity contribution in [2.24, 2.45) is 5.92 Å². The summed E-state index contributed by atoms with van der Waals surface area (Å²) >= 11 is 0. The Bertz CT molecular complexity index is 966. The molecule has 0 radical (unpaired) electrons. The molecule has 2 heterocycles. The number of carboxylic acid groups (broad SMARTS) is 1. The highest BCUT2D eigenvalue weighted by molar-refractivity contribution is 7.91. The van der Waals surface area contributed by atoms with Crippen LogP contribution in [-0.2, 0) is 25.6 Å². The second kappa shape index (κ2) is 6.59. The number of amides is 1. The number of hydrogen-bond donors (Lipinski definition) is 2. The minimum Gasteiger partial charge on any atom is -0.477 e. The van der Waals surface area contributed by atoms with Crippen molar-refractivity contribution in [3.8, 4) is 0 Å². The maximum absolute atomic E-state index is 12.6. The Balaban J connectivity index is 1.90. The molecule has 1 amide bonds. The molecule has 0 spiro atoms. The van der Waals surface area contributed by atoms with E-state index in [0.717, 1.165) is 17.0 Å². The molecular formula is C17H16F3NO6S. The first-order valence-corrected chi connectivity index (χ1v) is 9.86. The zero-order valence-corrected chi connectivity index (χ0v) is 15.3. The summed E-state index contributed by atoms with van der Waals surface area (Å²) in [4.78, 5) is 24.3. The third kappa shape index (κ3) is 3.28. The predicted octanol–water partition coefficient (Wildman–Crippen LogP) is 1.43. The van der Waals surface area contributed by atoms with E-state index in [4.69, 9.17) is 0 Å². The number of carboxylic acids is 1. The number of fused-ring (bicyclic) bond motifs is 1. The van der Waals surface area contributed by atoms with Crippen LogP contribution in [-0.4, -0.2) is 53.3 Å². The van der Waals surface area contributed by atoms with Gasteiger partial charge in [0.05, 0.1) is 34.3 Å². The lowest BCUT2D eigenvalue weighted by Gasteiger charge is -2.44. The van der Waals surface area contributed by atoms with Gasteiger partial charge in [-0.3, -0.25) is 4.79 Å². The Hall–Kier alpha value is -2.40. The van der Waals surface area contributed by atoms with Crippen molar-refractivity contribution >= 4 is 21.7 Å². The van der Waals surface area contributed by atoms with Gasteiger partial charge in [0.15, 0.2) is 9.84 Å². The largest absolute Gasteiger partial charge is 0.477 e. The number of benzene rings is 1. The standard InChI is InChI=1S/C17H16F3NO6S/c1-8(22)13-12-6-9(14(16(24)25)21(12)15(13)23)7-28(26,27)11-4-2-10(3-5-11)17(18,19)20/h2-5,8,12-13,22H,6-7H2,1H3,(H,24,25)/t8-,12-,13+/m1/s1. The molecule has 3 atom stereocenters. The number of alkyl halides is 3. The smallest absolute Gasteiger partial charge is 0.416 e. The third-order valence-corrected chi connectivity index (χ3v) is 6.65. The summed E-state index contributed by atoms with van der Waals surface area (Å²) in [6.45, 7) is 1.39. The van der Waals surface area contributed by atoms with Gasteiger partial charge in [-0.2, -0.15) is 13.2 Å². The summed E-state index contributed by atoms with van der Waals surface area (Å²) in [5.41, 5.74) is -1.47. The zero-order valence-electron chi connectivity index (χ0n) is 14.5. The van der Waals surface area contributed by atoms with Gasteiger partial charge in [0.1, 0.15) is 5.70 Å². The van der Waals surface area contributed by atoms with E-state index in [-0.39, 0.29) is 16.9 Å². The van der Waals surface area contributed by atoms with E-state index in [0.29, 0.717) is 12.1 Å². The van der Waals surface area contributed by atoms with Crippen molar-refractivity contribution in [2.75, 3.05) is 5.75 Å². The first-order chi connectivity index (χ1) is 12.8. The Morgan fingerprint density at radius 1 is 1.29 bits per heavy atom. The molecule has 7 nitrogen and oxygen atoms in total. The van der Waals surface area contributed by atoms with Crippen LogP contribution in [0, 0.1) is 5.92 Å². The molecule has 0 unspecified atom stereocenters. The minimum atomic E-state index is -4.62. The molecule has 152 valence electrons. The topological polar surface area (TPSA) is 112 Å². The van der Waals surface area contributed by atoms with E-state index < -0.39 is 63.0 Å². The molecule has 1 aromatic rings. The van der Waals surface area contributed by atoms with Crippen molar-refractivity contribution in [3.63, 3.8) is 0 Å². The second-order valence-electron chi connectivity index (χ2n) is 6.78. The highest BCUT2D eigenvalue weighted by Crippen LogP contribution is 2.44. The Morgan fingerprint density at radius 3 is 2.32 bits per heavy atom. The average Bonchev–Trinajstić information content (AvgIpc) is 2.87. The fraction of sp³-hybridized carbons (Fsp3) is 0.412. The van der Waals surface area contributed by atoms with Gasteiger partial charge in [0.25, 0.3) is 0 Å². The van der Waals surface area contributed by atoms with Gasteiger partial charge in [-0.15, -0.1) is 0 Å². The maximum atomic E-state index is 12.6. The number of sulfone groups is 1. The summed E-state index contributed by atoms with van der Waals surface area (Å²) in [6, 6.07) is 2.25. The predicted molar refractivity (Wildman–Crippen MR) is 88.6 cm³/mol. The number of aliphatic hydroxyl groups is 1.